The maximum Gasteiger partial charge on any atom is 0.148 e. The van der Waals surface area contributed by atoms with Gasteiger partial charge in [0.2, 0.25) is 0 Å². The van der Waals surface area contributed by atoms with Crippen LogP contribution in [-0.2, 0) is 0 Å². The Bertz CT molecular complexity index is 945. The number of ether oxygens (including phenoxy) is 1. The molecule has 0 radical (unpaired) electrons. The summed E-state index contributed by atoms with van der Waals surface area (Å²) in [6, 6.07) is 5.53. The number of anilines is 3. The minimum absolute atomic E-state index is 0.207. The monoisotopic (exact) mass is 454 g/mol. The molecule has 4 rings (SSSR count). The van der Waals surface area contributed by atoms with Gasteiger partial charge >= 0.3 is 0 Å². The second-order valence-electron chi connectivity index (χ2n) is 8.00. The Hall–Kier alpha value is -2.32. The van der Waals surface area contributed by atoms with Crippen molar-refractivity contribution >= 4 is 28.7 Å². The third-order valence-electron chi connectivity index (χ3n) is 6.27. The van der Waals surface area contributed by atoms with E-state index in [1.807, 2.05) is 9.80 Å². The van der Waals surface area contributed by atoms with Gasteiger partial charge in [-0.1, -0.05) is 11.6 Å². The summed E-state index contributed by atoms with van der Waals surface area (Å²) < 4.78 is 47.7. The van der Waals surface area contributed by atoms with Crippen LogP contribution in [0.1, 0.15) is 12.8 Å². The number of hydrogen-bond donors (Lipinski definition) is 1. The number of nitrogens with zero attached hydrogens (tertiary/aromatic N) is 3. The largest absolute Gasteiger partial charge is 0.495 e. The molecule has 0 atom stereocenters. The number of hydrogen-bond acceptors (Lipinski definition) is 5. The predicted octanol–water partition coefficient (Wildman–Crippen LogP) is 4.14. The summed E-state index contributed by atoms with van der Waals surface area (Å²) >= 11 is 5.66. The van der Waals surface area contributed by atoms with Crippen molar-refractivity contribution in [2.45, 2.75) is 18.9 Å². The van der Waals surface area contributed by atoms with Gasteiger partial charge in [-0.05, 0) is 18.9 Å². The van der Waals surface area contributed by atoms with E-state index in [4.69, 9.17) is 22.1 Å². The summed E-state index contributed by atoms with van der Waals surface area (Å²) in [4.78, 5) is 6.27. The van der Waals surface area contributed by atoms with Crippen molar-refractivity contribution < 1.29 is 17.9 Å². The molecular weight excluding hydrogens is 429 g/mol. The van der Waals surface area contributed by atoms with Gasteiger partial charge in [-0.2, -0.15) is 0 Å². The molecule has 2 aliphatic heterocycles. The lowest BCUT2D eigenvalue weighted by molar-refractivity contribution is 0.159. The molecule has 0 amide bonds. The van der Waals surface area contributed by atoms with Crippen LogP contribution in [0.3, 0.4) is 0 Å². The molecule has 2 N–H and O–H groups in total. The van der Waals surface area contributed by atoms with Gasteiger partial charge in [0.05, 0.1) is 29.2 Å². The van der Waals surface area contributed by atoms with Crippen LogP contribution in [0.5, 0.6) is 5.75 Å². The number of nitrogens with two attached hydrogens (primary N) is 1. The normalized spacial score (nSPS) is 18.5. The summed E-state index contributed by atoms with van der Waals surface area (Å²) in [5.41, 5.74) is 6.83. The van der Waals surface area contributed by atoms with E-state index in [0.717, 1.165) is 45.1 Å². The zero-order valence-corrected chi connectivity index (χ0v) is 18.1. The molecule has 0 unspecified atom stereocenters. The third kappa shape index (κ3) is 4.50. The van der Waals surface area contributed by atoms with E-state index in [1.54, 1.807) is 6.07 Å². The number of piperidine rings is 1. The number of benzene rings is 2. The highest BCUT2D eigenvalue weighted by Crippen LogP contribution is 2.33. The van der Waals surface area contributed by atoms with Crippen LogP contribution in [0.25, 0.3) is 0 Å². The molecule has 2 aliphatic rings. The average Bonchev–Trinajstić information content (AvgIpc) is 2.77. The average molecular weight is 455 g/mol. The quantitative estimate of drug-likeness (QED) is 0.555. The van der Waals surface area contributed by atoms with E-state index in [2.05, 4.69) is 4.90 Å². The van der Waals surface area contributed by atoms with Crippen molar-refractivity contribution in [1.29, 1.82) is 0 Å². The molecule has 0 spiro atoms. The zero-order valence-electron chi connectivity index (χ0n) is 17.4. The summed E-state index contributed by atoms with van der Waals surface area (Å²) in [5, 5.41) is -0.207. The minimum Gasteiger partial charge on any atom is -0.495 e. The molecule has 0 saturated carbocycles. The number of piperazine rings is 1. The van der Waals surface area contributed by atoms with Crippen molar-refractivity contribution in [3.8, 4) is 5.75 Å². The van der Waals surface area contributed by atoms with E-state index >= 15 is 0 Å². The zero-order chi connectivity index (χ0) is 22.1. The van der Waals surface area contributed by atoms with Gasteiger partial charge in [0.15, 0.2) is 0 Å². The molecule has 2 saturated heterocycles. The van der Waals surface area contributed by atoms with E-state index < -0.39 is 11.6 Å². The van der Waals surface area contributed by atoms with Crippen LogP contribution in [0.15, 0.2) is 24.3 Å². The fourth-order valence-corrected chi connectivity index (χ4v) is 4.68. The van der Waals surface area contributed by atoms with E-state index in [1.165, 1.54) is 19.2 Å². The van der Waals surface area contributed by atoms with E-state index in [9.17, 15) is 13.2 Å². The highest BCUT2D eigenvalue weighted by atomic mass is 35.5. The Morgan fingerprint density at radius 2 is 1.42 bits per heavy atom. The summed E-state index contributed by atoms with van der Waals surface area (Å²) in [6.45, 7) is 4.21. The highest BCUT2D eigenvalue weighted by Gasteiger charge is 2.29. The lowest BCUT2D eigenvalue weighted by Gasteiger charge is -2.44. The Balaban J connectivity index is 1.34. The Kier molecular flexibility index (Phi) is 6.39. The van der Waals surface area contributed by atoms with Gasteiger partial charge in [0.1, 0.15) is 23.2 Å². The molecule has 0 bridgehead atoms. The van der Waals surface area contributed by atoms with E-state index in [0.29, 0.717) is 30.6 Å². The van der Waals surface area contributed by atoms with Crippen molar-refractivity contribution in [3.63, 3.8) is 0 Å². The number of rotatable bonds is 4. The minimum atomic E-state index is -0.612. The Labute approximate surface area is 185 Å². The second kappa shape index (κ2) is 9.04. The van der Waals surface area contributed by atoms with Crippen LogP contribution in [0.4, 0.5) is 30.2 Å². The van der Waals surface area contributed by atoms with Crippen molar-refractivity contribution in [2.75, 3.05) is 61.9 Å². The fourth-order valence-electron chi connectivity index (χ4n) is 4.53. The number of methoxy groups -OCH3 is 1. The van der Waals surface area contributed by atoms with Gasteiger partial charge in [-0.15, -0.1) is 0 Å². The molecule has 2 aromatic rings. The molecule has 0 aliphatic carbocycles. The van der Waals surface area contributed by atoms with Gasteiger partial charge in [0, 0.05) is 63.5 Å². The lowest BCUT2D eigenvalue weighted by atomic mass is 10.0. The fraction of sp³-hybridized carbons (Fsp3) is 0.455. The molecule has 2 aromatic carbocycles. The van der Waals surface area contributed by atoms with Crippen LogP contribution in [0, 0.1) is 17.5 Å². The van der Waals surface area contributed by atoms with Gasteiger partial charge < -0.3 is 20.3 Å². The van der Waals surface area contributed by atoms with Crippen LogP contribution in [0.2, 0.25) is 5.02 Å². The first-order valence-electron chi connectivity index (χ1n) is 10.4. The Morgan fingerprint density at radius 1 is 0.839 bits per heavy atom. The van der Waals surface area contributed by atoms with Crippen molar-refractivity contribution in [2.24, 2.45) is 0 Å². The molecule has 31 heavy (non-hydrogen) atoms. The van der Waals surface area contributed by atoms with E-state index in [-0.39, 0.29) is 22.2 Å². The predicted molar refractivity (Wildman–Crippen MR) is 118 cm³/mol. The summed E-state index contributed by atoms with van der Waals surface area (Å²) in [7, 11) is 1.52. The molecule has 5 nitrogen and oxygen atoms in total. The van der Waals surface area contributed by atoms with Gasteiger partial charge in [0.25, 0.3) is 0 Å². The summed E-state index contributed by atoms with van der Waals surface area (Å²) in [6.07, 6.45) is 1.80. The molecule has 2 fully saturated rings. The lowest BCUT2D eigenvalue weighted by Crippen LogP contribution is -2.53. The van der Waals surface area contributed by atoms with Crippen LogP contribution >= 0.6 is 11.6 Å². The smallest absolute Gasteiger partial charge is 0.148 e. The SMILES string of the molecule is COc1cc(N2CCC(N3CCN(c4cc(F)c(Cl)cc4F)CC3)CC2)c(F)cc1N. The first-order chi connectivity index (χ1) is 14.9. The highest BCUT2D eigenvalue weighted by molar-refractivity contribution is 6.30. The van der Waals surface area contributed by atoms with Crippen LogP contribution < -0.4 is 20.3 Å². The molecule has 0 aromatic heterocycles. The maximum atomic E-state index is 14.4. The van der Waals surface area contributed by atoms with Crippen molar-refractivity contribution in [1.82, 2.24) is 4.90 Å². The van der Waals surface area contributed by atoms with Gasteiger partial charge in [-0.3, -0.25) is 4.90 Å². The molecule has 168 valence electrons. The van der Waals surface area contributed by atoms with Gasteiger partial charge in [-0.25, -0.2) is 13.2 Å². The summed E-state index contributed by atoms with van der Waals surface area (Å²) in [5.74, 6) is -0.989. The first-order valence-corrected chi connectivity index (χ1v) is 10.8. The third-order valence-corrected chi connectivity index (χ3v) is 6.56. The molecule has 2 heterocycles. The first kappa shape index (κ1) is 21.9. The van der Waals surface area contributed by atoms with Crippen molar-refractivity contribution in [3.05, 3.63) is 46.7 Å². The Morgan fingerprint density at radius 3 is 2.06 bits per heavy atom. The molecular formula is C22H26ClF3N4O. The number of halogens is 4. The molecule has 9 heteroatoms. The number of nitrogen functional groups attached to an aromatic ring is 1. The second-order valence-corrected chi connectivity index (χ2v) is 8.41. The standard InChI is InChI=1S/C22H26ClF3N4O/c1-31-22-13-21(18(26)11-19(22)27)29-4-2-14(3-5-29)28-6-8-30(9-7-28)20-12-16(24)15(23)10-17(20)25/h10-14H,2-9,27H2,1H3. The maximum absolute atomic E-state index is 14.4. The van der Waals surface area contributed by atoms with Crippen LogP contribution in [-0.4, -0.2) is 57.3 Å². The topological polar surface area (TPSA) is 45.0 Å².